The topological polar surface area (TPSA) is 230 Å². The van der Waals surface area contributed by atoms with E-state index in [9.17, 15) is 35.1 Å². The van der Waals surface area contributed by atoms with E-state index in [0.29, 0.717) is 58.6 Å². The zero-order valence-electron chi connectivity index (χ0n) is 33.7. The van der Waals surface area contributed by atoms with Crippen molar-refractivity contribution in [1.82, 2.24) is 24.4 Å². The van der Waals surface area contributed by atoms with Gasteiger partial charge in [0, 0.05) is 61.0 Å². The highest BCUT2D eigenvalue weighted by atomic mass is 17.2. The molecule has 1 amide bonds. The van der Waals surface area contributed by atoms with Crippen LogP contribution in [0.3, 0.4) is 0 Å². The fourth-order valence-electron chi connectivity index (χ4n) is 10.1. The molecule has 1 saturated heterocycles. The van der Waals surface area contributed by atoms with Gasteiger partial charge in [-0.25, -0.2) is 9.78 Å². The number of fused-ring (bicyclic) bond motifs is 4. The molecule has 320 valence electrons. The molecule has 7 atom stereocenters. The van der Waals surface area contributed by atoms with Crippen LogP contribution in [-0.4, -0.2) is 106 Å². The summed E-state index contributed by atoms with van der Waals surface area (Å²) >= 11 is 0. The molecule has 8 N–H and O–H groups in total. The third-order valence-electron chi connectivity index (χ3n) is 13.6. The Labute approximate surface area is 344 Å². The van der Waals surface area contributed by atoms with Crippen molar-refractivity contribution in [2.45, 2.75) is 107 Å². The van der Waals surface area contributed by atoms with E-state index in [4.69, 9.17) is 18.9 Å². The van der Waals surface area contributed by atoms with Gasteiger partial charge in [0.25, 0.3) is 0 Å². The van der Waals surface area contributed by atoms with Gasteiger partial charge in [0.05, 0.1) is 40.5 Å². The van der Waals surface area contributed by atoms with Crippen LogP contribution in [-0.2, 0) is 27.5 Å². The minimum Gasteiger partial charge on any atom is -0.482 e. The van der Waals surface area contributed by atoms with Crippen LogP contribution in [0.15, 0.2) is 70.5 Å². The Kier molecular flexibility index (Phi) is 10.5. The van der Waals surface area contributed by atoms with E-state index in [-0.39, 0.29) is 30.2 Å². The molecule has 60 heavy (non-hydrogen) atoms. The Morgan fingerprint density at radius 3 is 2.60 bits per heavy atom. The first-order valence-corrected chi connectivity index (χ1v) is 20.8. The molecule has 7 heterocycles. The highest BCUT2D eigenvalue weighted by molar-refractivity contribution is 5.91. The number of benzene rings is 1. The van der Waals surface area contributed by atoms with E-state index < -0.39 is 54.2 Å². The van der Waals surface area contributed by atoms with Gasteiger partial charge in [-0.15, -0.1) is 0 Å². The molecule has 1 saturated carbocycles. The second kappa shape index (κ2) is 15.5. The molecule has 3 aliphatic rings. The molecule has 2 aliphatic heterocycles. The lowest BCUT2D eigenvalue weighted by Gasteiger charge is -2.44. The first kappa shape index (κ1) is 40.5. The summed E-state index contributed by atoms with van der Waals surface area (Å²) in [4.78, 5) is 45.2. The minimum atomic E-state index is -2.41. The number of hydrogen-bond acceptors (Lipinski definition) is 11. The molecule has 9 rings (SSSR count). The maximum Gasteiger partial charge on any atom is 0.226 e. The van der Waals surface area contributed by atoms with Crippen molar-refractivity contribution in [3.63, 3.8) is 0 Å². The van der Waals surface area contributed by atoms with E-state index >= 15 is 0 Å². The minimum absolute atomic E-state index is 0.0622. The van der Waals surface area contributed by atoms with Crippen LogP contribution in [0.4, 0.5) is 0 Å². The fraction of sp³-hybridized carbons (Fsp3) is 0.500. The second-order valence-corrected chi connectivity index (χ2v) is 17.4. The van der Waals surface area contributed by atoms with Gasteiger partial charge < -0.3 is 59.1 Å². The molecule has 0 unspecified atom stereocenters. The summed E-state index contributed by atoms with van der Waals surface area (Å²) in [7, 11) is 0. The van der Waals surface area contributed by atoms with Crippen LogP contribution >= 0.6 is 0 Å². The number of nitrogens with zero attached hydrogens (tertiary/aromatic N) is 2. The highest BCUT2D eigenvalue weighted by Gasteiger charge is 2.53. The Hall–Kier alpha value is -4.94. The lowest BCUT2D eigenvalue weighted by atomic mass is 9.65. The summed E-state index contributed by atoms with van der Waals surface area (Å²) < 4.78 is 16.9. The number of aromatic amines is 2. The molecule has 6 aromatic rings. The molecular weight excluding hydrogens is 775 g/mol. The van der Waals surface area contributed by atoms with Gasteiger partial charge in [-0.1, -0.05) is 19.3 Å². The maximum absolute atomic E-state index is 13.5. The van der Waals surface area contributed by atoms with Crippen molar-refractivity contribution in [1.29, 1.82) is 0 Å². The number of ether oxygens (including phenoxy) is 1. The Balaban J connectivity index is 1.05. The number of amides is 1. The largest absolute Gasteiger partial charge is 0.482 e. The Bertz CT molecular complexity index is 2550. The van der Waals surface area contributed by atoms with Crippen LogP contribution < -0.4 is 15.5 Å². The predicted octanol–water partition coefficient (Wildman–Crippen LogP) is 3.65. The number of hydrogen-bond donors (Lipinski definition) is 8. The summed E-state index contributed by atoms with van der Waals surface area (Å²) in [5, 5.41) is 59.2. The zero-order chi connectivity index (χ0) is 42.0. The molecule has 16 heteroatoms. The average Bonchev–Trinajstić information content (AvgIpc) is 4.07. The SMILES string of the molecule is Cc1cc(=O)c2cc3c(c(-n4cc5cc[nH]c5c4)c2o1)O[C@](C)(CC[C@@H]1CNC(=O)C12CCCCC2)[C@H](OOC[C@H](O)[C@](O)(Cn1ccc2[nH]ccc21)[C@H](O)[C@H](O)CO)C3. The van der Waals surface area contributed by atoms with Gasteiger partial charge >= 0.3 is 0 Å². The van der Waals surface area contributed by atoms with Crippen LogP contribution in [0.1, 0.15) is 63.2 Å². The van der Waals surface area contributed by atoms with Crippen molar-refractivity contribution in [2.75, 3.05) is 19.8 Å². The Morgan fingerprint density at radius 1 is 1.03 bits per heavy atom. The number of aliphatic hydroxyl groups is 5. The van der Waals surface area contributed by atoms with Crippen molar-refractivity contribution in [3.8, 4) is 11.4 Å². The summed E-state index contributed by atoms with van der Waals surface area (Å²) in [6, 6.07) is 8.68. The number of aryl methyl sites for hydroxylation is 1. The molecule has 1 aromatic carbocycles. The first-order valence-electron chi connectivity index (χ1n) is 20.8. The van der Waals surface area contributed by atoms with Gasteiger partial charge in [0.1, 0.15) is 53.7 Å². The number of nitrogens with one attached hydrogen (secondary N) is 3. The van der Waals surface area contributed by atoms with Gasteiger partial charge in [-0.05, 0) is 69.7 Å². The van der Waals surface area contributed by atoms with Crippen LogP contribution in [0.2, 0.25) is 0 Å². The van der Waals surface area contributed by atoms with Crippen molar-refractivity contribution in [3.05, 3.63) is 82.9 Å². The predicted molar refractivity (Wildman–Crippen MR) is 220 cm³/mol. The lowest BCUT2D eigenvalue weighted by Crippen LogP contribution is -2.61. The number of H-pyrrole nitrogens is 2. The van der Waals surface area contributed by atoms with Gasteiger partial charge in [-0.2, -0.15) is 0 Å². The average molecular weight is 828 g/mol. The number of carbonyl (C=O) groups is 1. The van der Waals surface area contributed by atoms with E-state index in [2.05, 4.69) is 15.3 Å². The highest BCUT2D eigenvalue weighted by Crippen LogP contribution is 2.50. The standard InChI is InChI=1S/C44H53N5O11/c1-25-16-33(51)29-17-27-18-36(60-57-23-35(53)44(56,40(54)34(52)22-50)24-48-15-9-30-32(48)8-14-45-30)42(2,12-6-28-19-47-41(55)43(28)10-4-3-5-11-43)59-38(27)37(39(29)58-25)49-20-26-7-13-46-31(26)21-49/h7-9,13-17,20-21,28,34-36,40,45-46,50,52-54,56H,3-6,10-12,18-19,22-24H2,1-2H3,(H,47,55)/t28-,34-,35+,36-,40-,42-,44-/m1/s1. The third kappa shape index (κ3) is 6.83. The van der Waals surface area contributed by atoms with E-state index in [1.807, 2.05) is 36.1 Å². The number of aromatic nitrogens is 4. The summed E-state index contributed by atoms with van der Waals surface area (Å²) in [6.45, 7) is 2.33. The molecule has 16 nitrogen and oxygen atoms in total. The van der Waals surface area contributed by atoms with Crippen LogP contribution in [0.5, 0.6) is 5.75 Å². The zero-order valence-corrected chi connectivity index (χ0v) is 33.7. The molecule has 5 aromatic heterocycles. The molecule has 1 spiro atoms. The molecule has 0 radical (unpaired) electrons. The monoisotopic (exact) mass is 827 g/mol. The summed E-state index contributed by atoms with van der Waals surface area (Å²) in [5.74, 6) is 1.12. The van der Waals surface area contributed by atoms with E-state index in [1.54, 1.807) is 42.1 Å². The van der Waals surface area contributed by atoms with Crippen LogP contribution in [0.25, 0.3) is 38.6 Å². The third-order valence-corrected chi connectivity index (χ3v) is 13.6. The lowest BCUT2D eigenvalue weighted by molar-refractivity contribution is -0.365. The second-order valence-electron chi connectivity index (χ2n) is 17.4. The fourth-order valence-corrected chi connectivity index (χ4v) is 10.1. The molecule has 0 bridgehead atoms. The summed E-state index contributed by atoms with van der Waals surface area (Å²) in [5.41, 5.74) is -0.290. The summed E-state index contributed by atoms with van der Waals surface area (Å²) in [6.07, 6.45) is 8.70. The Morgan fingerprint density at radius 2 is 1.82 bits per heavy atom. The van der Waals surface area contributed by atoms with E-state index in [0.717, 1.165) is 48.5 Å². The van der Waals surface area contributed by atoms with Gasteiger partial charge in [0.2, 0.25) is 5.91 Å². The number of rotatable bonds is 14. The van der Waals surface area contributed by atoms with Crippen molar-refractivity contribution < 1.29 is 49.3 Å². The first-order chi connectivity index (χ1) is 28.8. The molecule has 1 aliphatic carbocycles. The number of carbonyl (C=O) groups excluding carboxylic acids is 1. The number of aliphatic hydroxyl groups excluding tert-OH is 4. The van der Waals surface area contributed by atoms with Gasteiger partial charge in [0.15, 0.2) is 16.8 Å². The quantitative estimate of drug-likeness (QED) is 0.0584. The van der Waals surface area contributed by atoms with E-state index in [1.165, 1.54) is 6.07 Å². The van der Waals surface area contributed by atoms with Crippen molar-refractivity contribution >= 4 is 38.8 Å². The van der Waals surface area contributed by atoms with Crippen molar-refractivity contribution in [2.24, 2.45) is 11.3 Å². The van der Waals surface area contributed by atoms with Crippen LogP contribution in [0, 0.1) is 18.3 Å². The molecule has 2 fully saturated rings. The van der Waals surface area contributed by atoms with Gasteiger partial charge in [-0.3, -0.25) is 9.59 Å². The smallest absolute Gasteiger partial charge is 0.226 e. The maximum atomic E-state index is 13.5. The molecular formula is C44H53N5O11. The normalized spacial score (nSPS) is 24.1.